The van der Waals surface area contributed by atoms with Gasteiger partial charge in [0, 0.05) is 42.0 Å². The van der Waals surface area contributed by atoms with Crippen LogP contribution in [0.25, 0.3) is 58.4 Å². The predicted molar refractivity (Wildman–Crippen MR) is 166 cm³/mol. The molecule has 0 aliphatic rings. The summed E-state index contributed by atoms with van der Waals surface area (Å²) in [6.45, 7) is 0.453. The Hall–Kier alpha value is -4.80. The molecule has 0 amide bonds. The molecule has 0 atom stereocenters. The summed E-state index contributed by atoms with van der Waals surface area (Å²) in [5, 5.41) is 7.30. The second kappa shape index (κ2) is 8.62. The Bertz CT molecular complexity index is 2190. The number of fused-ring (bicyclic) bond motifs is 8. The summed E-state index contributed by atoms with van der Waals surface area (Å²) >= 11 is 1.76. The van der Waals surface area contributed by atoms with Crippen molar-refractivity contribution in [2.24, 2.45) is 0 Å². The lowest BCUT2D eigenvalue weighted by Crippen LogP contribution is -2.00. The average molecular weight is 521 g/mol. The summed E-state index contributed by atoms with van der Waals surface area (Å²) in [4.78, 5) is 0. The van der Waals surface area contributed by atoms with Crippen molar-refractivity contribution in [3.05, 3.63) is 127 Å². The molecular weight excluding hydrogens is 496 g/mol. The Morgan fingerprint density at radius 2 is 1.36 bits per heavy atom. The minimum Gasteiger partial charge on any atom is -0.487 e. The summed E-state index contributed by atoms with van der Waals surface area (Å²) in [6, 6.07) is 42.9. The zero-order chi connectivity index (χ0) is 25.9. The van der Waals surface area contributed by atoms with Crippen LogP contribution in [0.3, 0.4) is 0 Å². The third kappa shape index (κ3) is 3.42. The van der Waals surface area contributed by atoms with Crippen molar-refractivity contribution in [1.29, 1.82) is 0 Å². The molecule has 39 heavy (non-hydrogen) atoms. The minimum absolute atomic E-state index is 0.453. The number of benzene rings is 6. The number of nitrogen functional groups attached to an aromatic ring is 1. The molecule has 0 aliphatic heterocycles. The number of aromatic nitrogens is 1. The van der Waals surface area contributed by atoms with E-state index in [1.54, 1.807) is 11.3 Å². The Morgan fingerprint density at radius 1 is 0.615 bits per heavy atom. The van der Waals surface area contributed by atoms with Gasteiger partial charge in [-0.3, -0.25) is 0 Å². The molecule has 0 bridgehead atoms. The van der Waals surface area contributed by atoms with E-state index in [9.17, 15) is 0 Å². The molecule has 8 aromatic rings. The number of hydrogen-bond donors (Lipinski definition) is 1. The summed E-state index contributed by atoms with van der Waals surface area (Å²) in [5.74, 6) is 0.726. The standard InChI is InChI=1S/C35H24N2OS/c36-34-30(19-20-32-33(34)28-10-4-6-12-31(28)39-32)38-21-22-13-16-24(17-14-22)37-29-11-5-3-9-26(29)27-18-15-23-7-1-2-8-25(23)35(27)37/h1-20H,21,36H2. The number of ether oxygens (including phenoxy) is 1. The van der Waals surface area contributed by atoms with E-state index in [2.05, 4.69) is 120 Å². The van der Waals surface area contributed by atoms with Gasteiger partial charge < -0.3 is 15.0 Å². The van der Waals surface area contributed by atoms with Crippen LogP contribution in [-0.2, 0) is 6.61 Å². The van der Waals surface area contributed by atoms with Gasteiger partial charge in [0.05, 0.1) is 16.7 Å². The van der Waals surface area contributed by atoms with Crippen LogP contribution in [0.2, 0.25) is 0 Å². The third-order valence-electron chi connectivity index (χ3n) is 7.69. The van der Waals surface area contributed by atoms with Crippen LogP contribution >= 0.6 is 11.3 Å². The van der Waals surface area contributed by atoms with Crippen molar-refractivity contribution in [1.82, 2.24) is 4.57 Å². The topological polar surface area (TPSA) is 40.2 Å². The molecule has 0 fully saturated rings. The van der Waals surface area contributed by atoms with Crippen LogP contribution in [-0.4, -0.2) is 4.57 Å². The number of nitrogens with zero attached hydrogens (tertiary/aromatic N) is 1. The third-order valence-corrected chi connectivity index (χ3v) is 8.83. The lowest BCUT2D eigenvalue weighted by Gasteiger charge is -2.12. The predicted octanol–water partition coefficient (Wildman–Crippen LogP) is 9.47. The van der Waals surface area contributed by atoms with E-state index < -0.39 is 0 Å². The molecule has 4 heteroatoms. The van der Waals surface area contributed by atoms with Gasteiger partial charge in [-0.2, -0.15) is 0 Å². The first-order valence-electron chi connectivity index (χ1n) is 13.1. The highest BCUT2D eigenvalue weighted by Gasteiger charge is 2.15. The average Bonchev–Trinajstić information content (AvgIpc) is 3.54. The van der Waals surface area contributed by atoms with E-state index in [1.165, 1.54) is 47.4 Å². The number of anilines is 1. The Morgan fingerprint density at radius 3 is 2.23 bits per heavy atom. The van der Waals surface area contributed by atoms with Crippen molar-refractivity contribution in [3.63, 3.8) is 0 Å². The van der Waals surface area contributed by atoms with Crippen LogP contribution < -0.4 is 10.5 Å². The summed E-state index contributed by atoms with van der Waals surface area (Å²) in [6.07, 6.45) is 0. The van der Waals surface area contributed by atoms with Crippen molar-refractivity contribution in [2.75, 3.05) is 5.73 Å². The number of rotatable bonds is 4. The van der Waals surface area contributed by atoms with Gasteiger partial charge in [-0.15, -0.1) is 11.3 Å². The molecule has 0 saturated carbocycles. The number of thiophene rings is 1. The number of hydrogen-bond acceptors (Lipinski definition) is 3. The summed E-state index contributed by atoms with van der Waals surface area (Å²) < 4.78 is 11.1. The molecule has 3 nitrogen and oxygen atoms in total. The molecule has 0 unspecified atom stereocenters. The quantitative estimate of drug-likeness (QED) is 0.235. The summed E-state index contributed by atoms with van der Waals surface area (Å²) in [7, 11) is 0. The molecule has 8 rings (SSSR count). The Balaban J connectivity index is 1.17. The Labute approximate surface area is 229 Å². The molecule has 2 aromatic heterocycles. The van der Waals surface area contributed by atoms with E-state index >= 15 is 0 Å². The first-order chi connectivity index (χ1) is 19.3. The smallest absolute Gasteiger partial charge is 0.143 e. The number of nitrogens with two attached hydrogens (primary N) is 1. The maximum Gasteiger partial charge on any atom is 0.143 e. The SMILES string of the molecule is Nc1c(OCc2ccc(-n3c4ccccc4c4ccc5ccccc5c43)cc2)ccc2sc3ccccc3c12. The first kappa shape index (κ1) is 22.2. The first-order valence-corrected chi connectivity index (χ1v) is 13.9. The van der Waals surface area contributed by atoms with Crippen LogP contribution in [0.15, 0.2) is 121 Å². The van der Waals surface area contributed by atoms with E-state index in [0.717, 1.165) is 22.4 Å². The molecule has 0 aliphatic carbocycles. The molecule has 186 valence electrons. The van der Waals surface area contributed by atoms with Crippen LogP contribution in [0.1, 0.15) is 5.56 Å². The van der Waals surface area contributed by atoms with Gasteiger partial charge >= 0.3 is 0 Å². The molecule has 0 spiro atoms. The van der Waals surface area contributed by atoms with Gasteiger partial charge in [0.25, 0.3) is 0 Å². The summed E-state index contributed by atoms with van der Waals surface area (Å²) in [5.41, 5.74) is 12.0. The van der Waals surface area contributed by atoms with Gasteiger partial charge in [0.1, 0.15) is 12.4 Å². The molecule has 2 N–H and O–H groups in total. The van der Waals surface area contributed by atoms with E-state index in [1.807, 2.05) is 6.07 Å². The lowest BCUT2D eigenvalue weighted by molar-refractivity contribution is 0.308. The van der Waals surface area contributed by atoms with Crippen molar-refractivity contribution >= 4 is 69.8 Å². The normalized spacial score (nSPS) is 11.8. The molecule has 0 radical (unpaired) electrons. The molecule has 0 saturated heterocycles. The van der Waals surface area contributed by atoms with Crippen molar-refractivity contribution in [2.45, 2.75) is 6.61 Å². The minimum atomic E-state index is 0.453. The highest BCUT2D eigenvalue weighted by atomic mass is 32.1. The van der Waals surface area contributed by atoms with E-state index in [-0.39, 0.29) is 0 Å². The van der Waals surface area contributed by atoms with Gasteiger partial charge in [-0.25, -0.2) is 0 Å². The maximum atomic E-state index is 6.61. The van der Waals surface area contributed by atoms with Crippen molar-refractivity contribution in [3.8, 4) is 11.4 Å². The number of para-hydroxylation sites is 1. The molecule has 2 heterocycles. The van der Waals surface area contributed by atoms with Crippen LogP contribution in [0.5, 0.6) is 5.75 Å². The van der Waals surface area contributed by atoms with Gasteiger partial charge in [-0.05, 0) is 47.3 Å². The lowest BCUT2D eigenvalue weighted by atomic mass is 10.1. The maximum absolute atomic E-state index is 6.61. The van der Waals surface area contributed by atoms with Crippen molar-refractivity contribution < 1.29 is 4.74 Å². The van der Waals surface area contributed by atoms with Gasteiger partial charge in [-0.1, -0.05) is 84.9 Å². The Kier molecular flexibility index (Phi) is 4.91. The fourth-order valence-corrected chi connectivity index (χ4v) is 6.97. The fourth-order valence-electron chi connectivity index (χ4n) is 5.85. The zero-order valence-electron chi connectivity index (χ0n) is 21.1. The van der Waals surface area contributed by atoms with Crippen LogP contribution in [0.4, 0.5) is 5.69 Å². The second-order valence-corrected chi connectivity index (χ2v) is 11.0. The second-order valence-electron chi connectivity index (χ2n) is 9.94. The van der Waals surface area contributed by atoms with E-state index in [0.29, 0.717) is 12.3 Å². The molecule has 6 aromatic carbocycles. The van der Waals surface area contributed by atoms with Gasteiger partial charge in [0.2, 0.25) is 0 Å². The largest absolute Gasteiger partial charge is 0.487 e. The monoisotopic (exact) mass is 520 g/mol. The highest BCUT2D eigenvalue weighted by Crippen LogP contribution is 2.41. The van der Waals surface area contributed by atoms with Crippen LogP contribution in [0, 0.1) is 0 Å². The van der Waals surface area contributed by atoms with E-state index in [4.69, 9.17) is 10.5 Å². The fraction of sp³-hybridized carbons (Fsp3) is 0.0286. The zero-order valence-corrected chi connectivity index (χ0v) is 21.9. The molecular formula is C35H24N2OS. The van der Waals surface area contributed by atoms with Gasteiger partial charge in [0.15, 0.2) is 0 Å². The highest BCUT2D eigenvalue weighted by molar-refractivity contribution is 7.26.